The number of benzene rings is 1. The normalized spacial score (nSPS) is 10.6. The third kappa shape index (κ3) is 8.71. The molecule has 2 rings (SSSR count). The molecule has 1 heterocycles. The minimum Gasteiger partial charge on any atom is -0.491 e. The van der Waals surface area contributed by atoms with Gasteiger partial charge >= 0.3 is 5.97 Å². The van der Waals surface area contributed by atoms with Gasteiger partial charge in [-0.1, -0.05) is 19.9 Å². The van der Waals surface area contributed by atoms with E-state index in [0.29, 0.717) is 12.4 Å². The van der Waals surface area contributed by atoms with Crippen LogP contribution in [-0.2, 0) is 10.0 Å². The van der Waals surface area contributed by atoms with Crippen LogP contribution in [0.25, 0.3) is 0 Å². The van der Waals surface area contributed by atoms with Crippen LogP contribution in [0.15, 0.2) is 48.8 Å². The molecule has 0 spiro atoms. The van der Waals surface area contributed by atoms with Gasteiger partial charge in [-0.2, -0.15) is 0 Å². The van der Waals surface area contributed by atoms with Gasteiger partial charge in [0.15, 0.2) is 0 Å². The van der Waals surface area contributed by atoms with E-state index in [2.05, 4.69) is 9.71 Å². The maximum atomic E-state index is 11.3. The molecule has 0 aliphatic carbocycles. The van der Waals surface area contributed by atoms with Crippen molar-refractivity contribution >= 4 is 21.7 Å². The van der Waals surface area contributed by atoms with Crippen LogP contribution in [0.5, 0.6) is 5.75 Å². The lowest BCUT2D eigenvalue weighted by molar-refractivity contribution is 0.0697. The molecule has 7 nitrogen and oxygen atoms in total. The number of carbonyl (C=O) groups is 1. The molecular formula is C17H22N2O5S. The molecule has 0 bridgehead atoms. The van der Waals surface area contributed by atoms with Crippen molar-refractivity contribution < 1.29 is 23.1 Å². The summed E-state index contributed by atoms with van der Waals surface area (Å²) in [5.74, 6) is -0.554. The predicted octanol–water partition coefficient (Wildman–Crippen LogP) is 2.87. The molecule has 1 aromatic carbocycles. The molecule has 1 aromatic heterocycles. The number of hydrogen-bond acceptors (Lipinski definition) is 5. The second-order valence-electron chi connectivity index (χ2n) is 5.62. The number of hydrogen-bond donors (Lipinski definition) is 2. The molecule has 0 fully saturated rings. The Morgan fingerprint density at radius 2 is 1.88 bits per heavy atom. The second-order valence-corrected chi connectivity index (χ2v) is 7.37. The second kappa shape index (κ2) is 9.63. The lowest BCUT2D eigenvalue weighted by Gasteiger charge is -2.14. The van der Waals surface area contributed by atoms with E-state index in [9.17, 15) is 13.2 Å². The highest BCUT2D eigenvalue weighted by Crippen LogP contribution is 2.27. The van der Waals surface area contributed by atoms with Gasteiger partial charge in [0.1, 0.15) is 5.75 Å². The first kappa shape index (κ1) is 20.4. The predicted molar refractivity (Wildman–Crippen MR) is 96.4 cm³/mol. The minimum absolute atomic E-state index is 0.0111. The van der Waals surface area contributed by atoms with Crippen molar-refractivity contribution in [2.75, 3.05) is 17.6 Å². The molecule has 2 aromatic rings. The van der Waals surface area contributed by atoms with Crippen LogP contribution in [0.4, 0.5) is 5.69 Å². The fourth-order valence-corrected chi connectivity index (χ4v) is 2.20. The van der Waals surface area contributed by atoms with Gasteiger partial charge in [-0.25, -0.2) is 13.2 Å². The number of rotatable bonds is 6. The quantitative estimate of drug-likeness (QED) is 0.814. The zero-order valence-corrected chi connectivity index (χ0v) is 15.2. The minimum atomic E-state index is -3.50. The molecule has 0 saturated carbocycles. The topological polar surface area (TPSA) is 106 Å². The largest absolute Gasteiger partial charge is 0.491 e. The van der Waals surface area contributed by atoms with E-state index in [0.717, 1.165) is 6.26 Å². The summed E-state index contributed by atoms with van der Waals surface area (Å²) in [7, 11) is -3.50. The monoisotopic (exact) mass is 366 g/mol. The number of sulfonamides is 1. The highest BCUT2D eigenvalue weighted by atomic mass is 32.2. The van der Waals surface area contributed by atoms with Crippen LogP contribution in [0.1, 0.15) is 24.2 Å². The van der Waals surface area contributed by atoms with Crippen molar-refractivity contribution in [2.45, 2.75) is 13.8 Å². The Bertz CT molecular complexity index is 750. The summed E-state index contributed by atoms with van der Waals surface area (Å²) < 4.78 is 30.2. The first-order valence-corrected chi connectivity index (χ1v) is 9.41. The summed E-state index contributed by atoms with van der Waals surface area (Å²) in [6.45, 7) is 4.31. The average Bonchev–Trinajstić information content (AvgIpc) is 2.54. The molecule has 136 valence electrons. The molecule has 0 atom stereocenters. The fraction of sp³-hybridized carbons (Fsp3) is 0.294. The average molecular weight is 366 g/mol. The van der Waals surface area contributed by atoms with Crippen molar-refractivity contribution in [1.82, 2.24) is 4.98 Å². The summed E-state index contributed by atoms with van der Waals surface area (Å²) in [5, 5.41) is 8.90. The van der Waals surface area contributed by atoms with Gasteiger partial charge in [-0.3, -0.25) is 9.71 Å². The standard InChI is InChI=1S/C12H17NO5S.C5H5N/c1-8(2)7-18-11-5-4-9(12(14)15)6-10(11)13-19(3,16)17;1-2-4-6-5-3-1/h4-6,8,13H,7H2,1-3H3,(H,14,15);1-5H. The maximum Gasteiger partial charge on any atom is 0.335 e. The first-order valence-electron chi connectivity index (χ1n) is 7.52. The van der Waals surface area contributed by atoms with Crippen LogP contribution in [0, 0.1) is 5.92 Å². The summed E-state index contributed by atoms with van der Waals surface area (Å²) >= 11 is 0. The van der Waals surface area contributed by atoms with E-state index in [1.165, 1.54) is 18.2 Å². The molecular weight excluding hydrogens is 344 g/mol. The van der Waals surface area contributed by atoms with Crippen LogP contribution in [0.3, 0.4) is 0 Å². The molecule has 0 aliphatic rings. The van der Waals surface area contributed by atoms with E-state index in [-0.39, 0.29) is 17.2 Å². The van der Waals surface area contributed by atoms with Crippen LogP contribution in [-0.4, -0.2) is 37.3 Å². The molecule has 0 amide bonds. The first-order chi connectivity index (χ1) is 11.7. The smallest absolute Gasteiger partial charge is 0.335 e. The van der Waals surface area contributed by atoms with Crippen LogP contribution >= 0.6 is 0 Å². The lowest BCUT2D eigenvalue weighted by atomic mass is 10.2. The van der Waals surface area contributed by atoms with Crippen molar-refractivity contribution in [2.24, 2.45) is 5.92 Å². The number of nitrogens with one attached hydrogen (secondary N) is 1. The van der Waals surface area contributed by atoms with Gasteiger partial charge < -0.3 is 9.84 Å². The number of ether oxygens (including phenoxy) is 1. The Balaban J connectivity index is 0.000000435. The maximum absolute atomic E-state index is 11.3. The van der Waals surface area contributed by atoms with E-state index in [4.69, 9.17) is 9.84 Å². The highest BCUT2D eigenvalue weighted by Gasteiger charge is 2.13. The molecule has 0 unspecified atom stereocenters. The van der Waals surface area contributed by atoms with Gasteiger partial charge in [-0.05, 0) is 36.2 Å². The zero-order chi connectivity index (χ0) is 18.9. The number of nitrogens with zero attached hydrogens (tertiary/aromatic N) is 1. The molecule has 0 aliphatic heterocycles. The number of aromatic carboxylic acids is 1. The number of anilines is 1. The van der Waals surface area contributed by atoms with Crippen LogP contribution < -0.4 is 9.46 Å². The molecule has 8 heteroatoms. The molecule has 25 heavy (non-hydrogen) atoms. The Hall–Kier alpha value is -2.61. The number of pyridine rings is 1. The number of carboxylic acids is 1. The van der Waals surface area contributed by atoms with E-state index in [1.54, 1.807) is 12.4 Å². The SMILES string of the molecule is CC(C)COc1ccc(C(=O)O)cc1NS(C)(=O)=O.c1ccncc1. The summed E-state index contributed by atoms with van der Waals surface area (Å²) in [6.07, 6.45) is 4.49. The molecule has 2 N–H and O–H groups in total. The van der Waals surface area contributed by atoms with E-state index in [1.807, 2.05) is 32.0 Å². The van der Waals surface area contributed by atoms with Crippen LogP contribution in [0.2, 0.25) is 0 Å². The van der Waals surface area contributed by atoms with Gasteiger partial charge in [0, 0.05) is 12.4 Å². The van der Waals surface area contributed by atoms with E-state index < -0.39 is 16.0 Å². The highest BCUT2D eigenvalue weighted by molar-refractivity contribution is 7.92. The van der Waals surface area contributed by atoms with E-state index >= 15 is 0 Å². The zero-order valence-electron chi connectivity index (χ0n) is 14.3. The molecule has 0 saturated heterocycles. The van der Waals surface area contributed by atoms with Gasteiger partial charge in [0.25, 0.3) is 0 Å². The summed E-state index contributed by atoms with van der Waals surface area (Å²) in [5.41, 5.74) is 0.117. The fourth-order valence-electron chi connectivity index (χ4n) is 1.64. The van der Waals surface area contributed by atoms with Gasteiger partial charge in [0.2, 0.25) is 10.0 Å². The van der Waals surface area contributed by atoms with Crippen molar-refractivity contribution in [3.63, 3.8) is 0 Å². The third-order valence-electron chi connectivity index (χ3n) is 2.66. The third-order valence-corrected chi connectivity index (χ3v) is 3.25. The van der Waals surface area contributed by atoms with Crippen molar-refractivity contribution in [3.8, 4) is 5.75 Å². The lowest BCUT2D eigenvalue weighted by Crippen LogP contribution is -2.13. The number of aromatic nitrogens is 1. The van der Waals surface area contributed by atoms with Gasteiger partial charge in [0.05, 0.1) is 24.1 Å². The Labute approximate surface area is 147 Å². The van der Waals surface area contributed by atoms with Crippen molar-refractivity contribution in [1.29, 1.82) is 0 Å². The Kier molecular flexibility index (Phi) is 7.87. The summed E-state index contributed by atoms with van der Waals surface area (Å²) in [4.78, 5) is 14.7. The summed E-state index contributed by atoms with van der Waals surface area (Å²) in [6, 6.07) is 9.76. The van der Waals surface area contributed by atoms with Gasteiger partial charge in [-0.15, -0.1) is 0 Å². The Morgan fingerprint density at radius 3 is 2.28 bits per heavy atom. The number of carboxylic acid groups (broad SMARTS) is 1. The molecule has 0 radical (unpaired) electrons. The van der Waals surface area contributed by atoms with Crippen molar-refractivity contribution in [3.05, 3.63) is 54.4 Å². The Morgan fingerprint density at radius 1 is 1.24 bits per heavy atom.